The van der Waals surface area contributed by atoms with Crippen LogP contribution in [-0.4, -0.2) is 42.6 Å². The molecule has 2 unspecified atom stereocenters. The predicted octanol–water partition coefficient (Wildman–Crippen LogP) is 6.35. The molecule has 2 heterocycles. The van der Waals surface area contributed by atoms with Crippen LogP contribution >= 0.6 is 0 Å². The Morgan fingerprint density at radius 1 is 0.892 bits per heavy atom. The first-order chi connectivity index (χ1) is 18.0. The zero-order valence-corrected chi connectivity index (χ0v) is 20.5. The van der Waals surface area contributed by atoms with Gasteiger partial charge in [0.1, 0.15) is 12.4 Å². The highest BCUT2D eigenvalue weighted by atomic mass is 19.2. The summed E-state index contributed by atoms with van der Waals surface area (Å²) in [5, 5.41) is 0. The van der Waals surface area contributed by atoms with Gasteiger partial charge in [-0.2, -0.15) is 0 Å². The number of ether oxygens (including phenoxy) is 2. The van der Waals surface area contributed by atoms with Crippen molar-refractivity contribution >= 4 is 11.9 Å². The predicted molar refractivity (Wildman–Crippen MR) is 134 cm³/mol. The summed E-state index contributed by atoms with van der Waals surface area (Å²) < 4.78 is 38.6. The fraction of sp³-hybridized carbons (Fsp3) is 0.333. The van der Waals surface area contributed by atoms with Crippen molar-refractivity contribution in [2.24, 2.45) is 5.92 Å². The SMILES string of the molecule is COc1cc(F)c(F)cc1C(=O)C1CC2CCC(C1)N2C(=O)OCC1c2ccccc2-c2ccccc21. The number of ketones is 1. The second kappa shape index (κ2) is 9.29. The maximum atomic E-state index is 13.9. The highest BCUT2D eigenvalue weighted by Gasteiger charge is 2.46. The van der Waals surface area contributed by atoms with Crippen molar-refractivity contribution in [1.82, 2.24) is 4.90 Å². The van der Waals surface area contributed by atoms with E-state index in [2.05, 4.69) is 24.3 Å². The lowest BCUT2D eigenvalue weighted by molar-refractivity contribution is 0.0504. The van der Waals surface area contributed by atoms with E-state index in [1.807, 2.05) is 24.3 Å². The van der Waals surface area contributed by atoms with E-state index in [1.165, 1.54) is 18.2 Å². The molecule has 0 radical (unpaired) electrons. The molecule has 2 atom stereocenters. The van der Waals surface area contributed by atoms with Crippen molar-refractivity contribution in [2.45, 2.75) is 43.7 Å². The summed E-state index contributed by atoms with van der Waals surface area (Å²) in [7, 11) is 1.33. The van der Waals surface area contributed by atoms with Gasteiger partial charge in [-0.25, -0.2) is 13.6 Å². The fourth-order valence-electron chi connectivity index (χ4n) is 6.47. The van der Waals surface area contributed by atoms with Gasteiger partial charge in [-0.1, -0.05) is 48.5 Å². The second-order valence-electron chi connectivity index (χ2n) is 10.1. The number of nitrogens with zero attached hydrogens (tertiary/aromatic N) is 1. The van der Waals surface area contributed by atoms with Crippen LogP contribution in [0.3, 0.4) is 0 Å². The number of carbonyl (C=O) groups is 2. The second-order valence-corrected chi connectivity index (χ2v) is 10.1. The van der Waals surface area contributed by atoms with Crippen molar-refractivity contribution in [3.8, 4) is 16.9 Å². The van der Waals surface area contributed by atoms with Crippen LogP contribution in [-0.2, 0) is 4.74 Å². The Balaban J connectivity index is 1.16. The molecule has 7 heteroatoms. The Morgan fingerprint density at radius 2 is 1.46 bits per heavy atom. The molecule has 2 saturated heterocycles. The average molecular weight is 504 g/mol. The number of amides is 1. The number of Topliss-reactive ketones (excluding diaryl/α,β-unsaturated/α-hetero) is 1. The van der Waals surface area contributed by atoms with Gasteiger partial charge in [0.15, 0.2) is 17.4 Å². The van der Waals surface area contributed by atoms with Crippen molar-refractivity contribution in [3.63, 3.8) is 0 Å². The Morgan fingerprint density at radius 3 is 2.05 bits per heavy atom. The van der Waals surface area contributed by atoms with Gasteiger partial charge < -0.3 is 14.4 Å². The van der Waals surface area contributed by atoms with Crippen LogP contribution < -0.4 is 4.74 Å². The number of benzene rings is 3. The molecular formula is C30H27F2NO4. The molecule has 2 aliphatic heterocycles. The van der Waals surface area contributed by atoms with E-state index in [9.17, 15) is 18.4 Å². The van der Waals surface area contributed by atoms with Gasteiger partial charge in [0.2, 0.25) is 0 Å². The van der Waals surface area contributed by atoms with E-state index >= 15 is 0 Å². The molecule has 3 aromatic carbocycles. The van der Waals surface area contributed by atoms with Gasteiger partial charge in [-0.3, -0.25) is 4.79 Å². The number of hydrogen-bond donors (Lipinski definition) is 0. The molecule has 0 N–H and O–H groups in total. The Kier molecular flexibility index (Phi) is 5.94. The molecule has 3 aliphatic rings. The van der Waals surface area contributed by atoms with Crippen LogP contribution in [0, 0.1) is 17.6 Å². The van der Waals surface area contributed by atoms with Crippen molar-refractivity contribution in [2.75, 3.05) is 13.7 Å². The third kappa shape index (κ3) is 3.97. The molecule has 2 bridgehead atoms. The average Bonchev–Trinajstić information content (AvgIpc) is 3.38. The standard InChI is InChI=1S/C30H27F2NO4/c1-36-28-15-27(32)26(31)14-24(28)29(34)17-12-18-10-11-19(13-17)33(18)30(35)37-16-25-22-8-4-2-6-20(22)21-7-3-5-9-23(21)25/h2-9,14-15,17-19,25H,10-13,16H2,1H3. The topological polar surface area (TPSA) is 55.8 Å². The highest BCUT2D eigenvalue weighted by molar-refractivity contribution is 6.00. The van der Waals surface area contributed by atoms with Gasteiger partial charge in [0.05, 0.1) is 12.7 Å². The minimum absolute atomic E-state index is 0.0195. The summed E-state index contributed by atoms with van der Waals surface area (Å²) in [5.41, 5.74) is 4.70. The van der Waals surface area contributed by atoms with Crippen LogP contribution in [0.25, 0.3) is 11.1 Å². The number of carbonyl (C=O) groups excluding carboxylic acids is 2. The number of methoxy groups -OCH3 is 1. The third-order valence-corrected chi connectivity index (χ3v) is 8.16. The summed E-state index contributed by atoms with van der Waals surface area (Å²) in [4.78, 5) is 28.3. The summed E-state index contributed by atoms with van der Waals surface area (Å²) in [5.74, 6) is -2.81. The maximum absolute atomic E-state index is 13.9. The van der Waals surface area contributed by atoms with Crippen LogP contribution in [0.1, 0.15) is 53.1 Å². The molecule has 0 aromatic heterocycles. The molecule has 0 saturated carbocycles. The van der Waals surface area contributed by atoms with E-state index in [1.54, 1.807) is 4.90 Å². The van der Waals surface area contributed by atoms with E-state index < -0.39 is 17.6 Å². The smallest absolute Gasteiger partial charge is 0.410 e. The van der Waals surface area contributed by atoms with Crippen LogP contribution in [0.5, 0.6) is 5.75 Å². The molecule has 2 fully saturated rings. The summed E-state index contributed by atoms with van der Waals surface area (Å²) in [6.07, 6.45) is 2.13. The Hall–Kier alpha value is -3.74. The zero-order chi connectivity index (χ0) is 25.7. The molecular weight excluding hydrogens is 476 g/mol. The van der Waals surface area contributed by atoms with Crippen LogP contribution in [0.4, 0.5) is 13.6 Å². The van der Waals surface area contributed by atoms with E-state index in [0.29, 0.717) is 12.8 Å². The number of piperidine rings is 1. The molecule has 6 rings (SSSR count). The molecule has 37 heavy (non-hydrogen) atoms. The van der Waals surface area contributed by atoms with Crippen molar-refractivity contribution in [1.29, 1.82) is 0 Å². The number of hydrogen-bond acceptors (Lipinski definition) is 4. The summed E-state index contributed by atoms with van der Waals surface area (Å²) >= 11 is 0. The largest absolute Gasteiger partial charge is 0.496 e. The van der Waals surface area contributed by atoms with Gasteiger partial charge in [-0.05, 0) is 54.0 Å². The Bertz CT molecular complexity index is 1330. The van der Waals surface area contributed by atoms with E-state index in [-0.39, 0.29) is 47.8 Å². The number of rotatable bonds is 5. The molecule has 1 amide bonds. The molecule has 3 aromatic rings. The van der Waals surface area contributed by atoms with E-state index in [0.717, 1.165) is 36.1 Å². The first kappa shape index (κ1) is 23.6. The van der Waals surface area contributed by atoms with E-state index in [4.69, 9.17) is 9.47 Å². The lowest BCUT2D eigenvalue weighted by atomic mass is 9.84. The number of fused-ring (bicyclic) bond motifs is 5. The quantitative estimate of drug-likeness (QED) is 0.381. The lowest BCUT2D eigenvalue weighted by Crippen LogP contribution is -2.48. The maximum Gasteiger partial charge on any atom is 0.410 e. The van der Waals surface area contributed by atoms with Crippen molar-refractivity contribution < 1.29 is 27.8 Å². The van der Waals surface area contributed by atoms with Crippen molar-refractivity contribution in [3.05, 3.63) is 89.0 Å². The molecule has 1 aliphatic carbocycles. The normalized spacial score (nSPS) is 21.9. The highest BCUT2D eigenvalue weighted by Crippen LogP contribution is 2.45. The van der Waals surface area contributed by atoms with Crippen LogP contribution in [0.15, 0.2) is 60.7 Å². The lowest BCUT2D eigenvalue weighted by Gasteiger charge is -2.38. The first-order valence-electron chi connectivity index (χ1n) is 12.7. The fourth-order valence-corrected chi connectivity index (χ4v) is 6.47. The van der Waals surface area contributed by atoms with Crippen LogP contribution in [0.2, 0.25) is 0 Å². The van der Waals surface area contributed by atoms with Gasteiger partial charge in [0, 0.05) is 30.0 Å². The number of halogens is 2. The Labute approximate surface area is 214 Å². The molecule has 190 valence electrons. The van der Waals surface area contributed by atoms with Gasteiger partial charge in [-0.15, -0.1) is 0 Å². The minimum atomic E-state index is -1.08. The summed E-state index contributed by atoms with van der Waals surface area (Å²) in [6, 6.07) is 18.0. The molecule has 5 nitrogen and oxygen atoms in total. The zero-order valence-electron chi connectivity index (χ0n) is 20.5. The van der Waals surface area contributed by atoms with Gasteiger partial charge >= 0.3 is 6.09 Å². The van der Waals surface area contributed by atoms with Gasteiger partial charge in [0.25, 0.3) is 0 Å². The molecule has 0 spiro atoms. The first-order valence-corrected chi connectivity index (χ1v) is 12.7. The monoisotopic (exact) mass is 503 g/mol. The minimum Gasteiger partial charge on any atom is -0.496 e. The third-order valence-electron chi connectivity index (χ3n) is 8.16. The summed E-state index contributed by atoms with van der Waals surface area (Å²) in [6.45, 7) is 0.247.